The van der Waals surface area contributed by atoms with E-state index in [0.29, 0.717) is 4.75 Å². The van der Waals surface area contributed by atoms with E-state index in [-0.39, 0.29) is 0 Å². The first kappa shape index (κ1) is 13.5. The Morgan fingerprint density at radius 3 is 2.83 bits per heavy atom. The summed E-state index contributed by atoms with van der Waals surface area (Å²) in [6.45, 7) is 8.69. The van der Waals surface area contributed by atoms with Gasteiger partial charge in [-0.05, 0) is 25.5 Å². The molecule has 1 fully saturated rings. The Bertz CT molecular complexity index is 442. The predicted octanol–water partition coefficient (Wildman–Crippen LogP) is 3.53. The number of carbonyl (C=O) groups excluding carboxylic acids is 1. The minimum atomic E-state index is 0.348. The summed E-state index contributed by atoms with van der Waals surface area (Å²) in [5.74, 6) is 1.12. The number of hydrogen-bond donors (Lipinski definition) is 0. The van der Waals surface area contributed by atoms with Crippen molar-refractivity contribution in [3.05, 3.63) is 29.3 Å². The number of benzene rings is 1. The van der Waals surface area contributed by atoms with Crippen LogP contribution < -0.4 is 4.90 Å². The molecular formula is C15H21NOS. The second-order valence-electron chi connectivity index (χ2n) is 5.53. The van der Waals surface area contributed by atoms with E-state index in [1.165, 1.54) is 0 Å². The highest BCUT2D eigenvalue weighted by molar-refractivity contribution is 8.00. The van der Waals surface area contributed by atoms with E-state index in [0.717, 1.165) is 48.4 Å². The van der Waals surface area contributed by atoms with Crippen molar-refractivity contribution in [3.63, 3.8) is 0 Å². The number of thioether (sulfide) groups is 1. The first-order chi connectivity index (χ1) is 8.52. The zero-order valence-corrected chi connectivity index (χ0v) is 12.2. The molecule has 1 aromatic carbocycles. The SMILES string of the molecule is Cc1ccc(N2CCSC(C)(C)CC2)c(C=O)c1. The van der Waals surface area contributed by atoms with Gasteiger partial charge in [-0.2, -0.15) is 11.8 Å². The summed E-state index contributed by atoms with van der Waals surface area (Å²) in [7, 11) is 0. The third-order valence-electron chi connectivity index (χ3n) is 3.49. The van der Waals surface area contributed by atoms with Crippen LogP contribution in [0.15, 0.2) is 18.2 Å². The number of aryl methyl sites for hydroxylation is 1. The number of carbonyl (C=O) groups is 1. The lowest BCUT2D eigenvalue weighted by Crippen LogP contribution is -2.27. The third-order valence-corrected chi connectivity index (χ3v) is 4.86. The summed E-state index contributed by atoms with van der Waals surface area (Å²) in [4.78, 5) is 13.6. The van der Waals surface area contributed by atoms with Crippen molar-refractivity contribution >= 4 is 23.7 Å². The van der Waals surface area contributed by atoms with Gasteiger partial charge in [0.2, 0.25) is 0 Å². The van der Waals surface area contributed by atoms with Crippen LogP contribution in [0.3, 0.4) is 0 Å². The molecule has 0 aromatic heterocycles. The summed E-state index contributed by atoms with van der Waals surface area (Å²) in [5.41, 5.74) is 3.05. The highest BCUT2D eigenvalue weighted by Crippen LogP contribution is 2.33. The lowest BCUT2D eigenvalue weighted by molar-refractivity contribution is 0.112. The van der Waals surface area contributed by atoms with Gasteiger partial charge in [-0.3, -0.25) is 4.79 Å². The largest absolute Gasteiger partial charge is 0.370 e. The van der Waals surface area contributed by atoms with Crippen molar-refractivity contribution in [2.45, 2.75) is 31.9 Å². The molecule has 1 aliphatic rings. The van der Waals surface area contributed by atoms with Gasteiger partial charge in [0.25, 0.3) is 0 Å². The zero-order chi connectivity index (χ0) is 13.2. The van der Waals surface area contributed by atoms with Crippen molar-refractivity contribution in [1.82, 2.24) is 0 Å². The van der Waals surface area contributed by atoms with Crippen LogP contribution in [-0.2, 0) is 0 Å². The molecule has 1 heterocycles. The second-order valence-corrected chi connectivity index (χ2v) is 7.33. The molecule has 0 bridgehead atoms. The number of hydrogen-bond acceptors (Lipinski definition) is 3. The normalized spacial score (nSPS) is 19.4. The maximum atomic E-state index is 11.2. The Morgan fingerprint density at radius 2 is 2.11 bits per heavy atom. The zero-order valence-electron chi connectivity index (χ0n) is 11.4. The third kappa shape index (κ3) is 3.08. The Kier molecular flexibility index (Phi) is 4.00. The van der Waals surface area contributed by atoms with Gasteiger partial charge in [0.1, 0.15) is 0 Å². The quantitative estimate of drug-likeness (QED) is 0.761. The Morgan fingerprint density at radius 1 is 1.33 bits per heavy atom. The molecule has 0 aliphatic carbocycles. The van der Waals surface area contributed by atoms with Crippen LogP contribution >= 0.6 is 11.8 Å². The molecule has 0 spiro atoms. The standard InChI is InChI=1S/C15H21NOS/c1-12-4-5-14(13(10-12)11-17)16-7-6-15(2,3)18-9-8-16/h4-5,10-11H,6-9H2,1-3H3. The first-order valence-corrected chi connectivity index (χ1v) is 7.45. The molecule has 0 unspecified atom stereocenters. The summed E-state index contributed by atoms with van der Waals surface area (Å²) < 4.78 is 0.348. The molecule has 18 heavy (non-hydrogen) atoms. The lowest BCUT2D eigenvalue weighted by atomic mass is 10.1. The number of aldehydes is 1. The Hall–Kier alpha value is -0.960. The van der Waals surface area contributed by atoms with E-state index in [4.69, 9.17) is 0 Å². The topological polar surface area (TPSA) is 20.3 Å². The van der Waals surface area contributed by atoms with Gasteiger partial charge in [-0.1, -0.05) is 25.5 Å². The van der Waals surface area contributed by atoms with Gasteiger partial charge < -0.3 is 4.90 Å². The molecule has 0 saturated carbocycles. The predicted molar refractivity (Wildman–Crippen MR) is 79.9 cm³/mol. The first-order valence-electron chi connectivity index (χ1n) is 6.46. The minimum Gasteiger partial charge on any atom is -0.370 e. The molecule has 1 aromatic rings. The van der Waals surface area contributed by atoms with E-state index in [9.17, 15) is 4.79 Å². The Labute approximate surface area is 114 Å². The smallest absolute Gasteiger partial charge is 0.152 e. The number of rotatable bonds is 2. The molecule has 1 saturated heterocycles. The fourth-order valence-corrected chi connectivity index (χ4v) is 3.42. The molecule has 0 N–H and O–H groups in total. The number of anilines is 1. The van der Waals surface area contributed by atoms with E-state index in [2.05, 4.69) is 30.9 Å². The molecule has 2 rings (SSSR count). The van der Waals surface area contributed by atoms with Gasteiger partial charge >= 0.3 is 0 Å². The van der Waals surface area contributed by atoms with Crippen molar-refractivity contribution in [3.8, 4) is 0 Å². The van der Waals surface area contributed by atoms with Crippen LogP contribution in [0.25, 0.3) is 0 Å². The molecule has 98 valence electrons. The van der Waals surface area contributed by atoms with Gasteiger partial charge in [-0.25, -0.2) is 0 Å². The van der Waals surface area contributed by atoms with Gasteiger partial charge in [0.05, 0.1) is 0 Å². The van der Waals surface area contributed by atoms with Crippen LogP contribution in [0.4, 0.5) is 5.69 Å². The van der Waals surface area contributed by atoms with Crippen LogP contribution in [0.5, 0.6) is 0 Å². The highest BCUT2D eigenvalue weighted by atomic mass is 32.2. The van der Waals surface area contributed by atoms with Crippen LogP contribution in [-0.4, -0.2) is 29.9 Å². The van der Waals surface area contributed by atoms with Crippen molar-refractivity contribution in [2.75, 3.05) is 23.7 Å². The average Bonchev–Trinajstić information content (AvgIpc) is 2.50. The Balaban J connectivity index is 2.23. The summed E-state index contributed by atoms with van der Waals surface area (Å²) >= 11 is 2.03. The molecule has 2 nitrogen and oxygen atoms in total. The minimum absolute atomic E-state index is 0.348. The van der Waals surface area contributed by atoms with E-state index in [1.807, 2.05) is 24.8 Å². The van der Waals surface area contributed by atoms with E-state index in [1.54, 1.807) is 0 Å². The summed E-state index contributed by atoms with van der Waals surface area (Å²) in [6, 6.07) is 6.15. The van der Waals surface area contributed by atoms with Crippen molar-refractivity contribution < 1.29 is 4.79 Å². The number of nitrogens with zero attached hydrogens (tertiary/aromatic N) is 1. The van der Waals surface area contributed by atoms with Crippen LogP contribution in [0.2, 0.25) is 0 Å². The van der Waals surface area contributed by atoms with Crippen LogP contribution in [0.1, 0.15) is 36.2 Å². The van der Waals surface area contributed by atoms with Crippen molar-refractivity contribution in [1.29, 1.82) is 0 Å². The summed E-state index contributed by atoms with van der Waals surface area (Å²) in [6.07, 6.45) is 2.13. The van der Waals surface area contributed by atoms with Gasteiger partial charge in [-0.15, -0.1) is 0 Å². The van der Waals surface area contributed by atoms with Crippen LogP contribution in [0, 0.1) is 6.92 Å². The molecule has 3 heteroatoms. The second kappa shape index (κ2) is 5.35. The molecular weight excluding hydrogens is 242 g/mol. The van der Waals surface area contributed by atoms with Gasteiger partial charge in [0, 0.05) is 34.8 Å². The highest BCUT2D eigenvalue weighted by Gasteiger charge is 2.24. The monoisotopic (exact) mass is 263 g/mol. The fraction of sp³-hybridized carbons (Fsp3) is 0.533. The average molecular weight is 263 g/mol. The van der Waals surface area contributed by atoms with E-state index < -0.39 is 0 Å². The molecule has 1 aliphatic heterocycles. The van der Waals surface area contributed by atoms with E-state index >= 15 is 0 Å². The fourth-order valence-electron chi connectivity index (χ4n) is 2.32. The molecule has 0 atom stereocenters. The summed E-state index contributed by atoms with van der Waals surface area (Å²) in [5, 5.41) is 0. The van der Waals surface area contributed by atoms with Gasteiger partial charge in [0.15, 0.2) is 6.29 Å². The lowest BCUT2D eigenvalue weighted by Gasteiger charge is -2.25. The maximum Gasteiger partial charge on any atom is 0.152 e. The molecule has 0 amide bonds. The maximum absolute atomic E-state index is 11.2. The van der Waals surface area contributed by atoms with Crippen molar-refractivity contribution in [2.24, 2.45) is 0 Å². The molecule has 0 radical (unpaired) electrons.